The second-order valence-electron chi connectivity index (χ2n) is 2.18. The number of nitrogens with zero attached hydrogens (tertiary/aromatic N) is 1. The monoisotopic (exact) mass is 330 g/mol. The van der Waals surface area contributed by atoms with Gasteiger partial charge in [0.25, 0.3) is 5.91 Å². The standard InChI is InChI=1S/C7H5Cl2IN2O/c1-11-7(13)3-2-4(8)12-6(9)5(3)10/h2H,1H3,(H,11,13). The molecule has 0 aromatic carbocycles. The summed E-state index contributed by atoms with van der Waals surface area (Å²) in [5.74, 6) is -0.226. The number of nitrogens with one attached hydrogen (secondary N) is 1. The van der Waals surface area contributed by atoms with Gasteiger partial charge >= 0.3 is 0 Å². The highest BCUT2D eigenvalue weighted by Crippen LogP contribution is 2.23. The molecular weight excluding hydrogens is 326 g/mol. The average Bonchev–Trinajstić information content (AvgIpc) is 2.10. The fourth-order valence-electron chi connectivity index (χ4n) is 0.769. The largest absolute Gasteiger partial charge is 0.355 e. The van der Waals surface area contributed by atoms with Crippen LogP contribution in [0.2, 0.25) is 10.3 Å². The number of carbonyl (C=O) groups is 1. The number of carbonyl (C=O) groups excluding carboxylic acids is 1. The van der Waals surface area contributed by atoms with Crippen LogP contribution in [0.3, 0.4) is 0 Å². The van der Waals surface area contributed by atoms with Crippen LogP contribution in [0.1, 0.15) is 10.4 Å². The van der Waals surface area contributed by atoms with Gasteiger partial charge < -0.3 is 5.32 Å². The van der Waals surface area contributed by atoms with E-state index in [1.807, 2.05) is 22.6 Å². The molecule has 0 saturated carbocycles. The lowest BCUT2D eigenvalue weighted by atomic mass is 10.2. The Morgan fingerprint density at radius 3 is 2.77 bits per heavy atom. The summed E-state index contributed by atoms with van der Waals surface area (Å²) < 4.78 is 0.600. The van der Waals surface area contributed by atoms with Gasteiger partial charge in [-0.1, -0.05) is 23.2 Å². The van der Waals surface area contributed by atoms with Crippen molar-refractivity contribution in [2.24, 2.45) is 0 Å². The van der Waals surface area contributed by atoms with Crippen molar-refractivity contribution in [2.75, 3.05) is 7.05 Å². The molecule has 1 heterocycles. The van der Waals surface area contributed by atoms with Gasteiger partial charge in [0.05, 0.1) is 9.13 Å². The summed E-state index contributed by atoms with van der Waals surface area (Å²) in [5, 5.41) is 2.94. The minimum absolute atomic E-state index is 0.212. The molecule has 1 aromatic heterocycles. The predicted octanol–water partition coefficient (Wildman–Crippen LogP) is 2.35. The molecule has 1 amide bonds. The Balaban J connectivity index is 3.28. The fourth-order valence-corrected chi connectivity index (χ4v) is 1.72. The van der Waals surface area contributed by atoms with E-state index in [-0.39, 0.29) is 16.2 Å². The predicted molar refractivity (Wildman–Crippen MR) is 60.4 cm³/mol. The first-order chi connectivity index (χ1) is 6.06. The van der Waals surface area contributed by atoms with Gasteiger partial charge in [-0.05, 0) is 28.7 Å². The van der Waals surface area contributed by atoms with Crippen molar-refractivity contribution in [3.8, 4) is 0 Å². The zero-order valence-corrected chi connectivity index (χ0v) is 10.2. The molecule has 0 aliphatic rings. The molecule has 1 N–H and O–H groups in total. The van der Waals surface area contributed by atoms with E-state index in [1.165, 1.54) is 6.07 Å². The highest BCUT2D eigenvalue weighted by atomic mass is 127. The number of hydrogen-bond acceptors (Lipinski definition) is 2. The Labute approximate surface area is 99.0 Å². The van der Waals surface area contributed by atoms with E-state index in [9.17, 15) is 4.79 Å². The molecule has 6 heteroatoms. The summed E-state index contributed by atoms with van der Waals surface area (Å²) in [5.41, 5.74) is 0.438. The first-order valence-electron chi connectivity index (χ1n) is 3.30. The third kappa shape index (κ3) is 2.45. The Bertz CT molecular complexity index is 357. The Morgan fingerprint density at radius 2 is 2.23 bits per heavy atom. The minimum Gasteiger partial charge on any atom is -0.355 e. The van der Waals surface area contributed by atoms with Crippen LogP contribution in [0.15, 0.2) is 6.07 Å². The lowest BCUT2D eigenvalue weighted by Crippen LogP contribution is -2.19. The summed E-state index contributed by atoms with van der Waals surface area (Å²) >= 11 is 13.3. The molecule has 0 fully saturated rings. The number of halogens is 3. The summed E-state index contributed by atoms with van der Waals surface area (Å²) in [6.45, 7) is 0. The number of aromatic nitrogens is 1. The first-order valence-corrected chi connectivity index (χ1v) is 5.13. The van der Waals surface area contributed by atoms with Crippen molar-refractivity contribution < 1.29 is 4.79 Å². The van der Waals surface area contributed by atoms with E-state index in [2.05, 4.69) is 10.3 Å². The van der Waals surface area contributed by atoms with Gasteiger partial charge in [0.2, 0.25) is 0 Å². The number of hydrogen-bond donors (Lipinski definition) is 1. The summed E-state index contributed by atoms with van der Waals surface area (Å²) in [6.07, 6.45) is 0. The van der Waals surface area contributed by atoms with E-state index in [1.54, 1.807) is 7.05 Å². The molecule has 1 rings (SSSR count). The van der Waals surface area contributed by atoms with Gasteiger partial charge in [0.1, 0.15) is 10.3 Å². The first kappa shape index (κ1) is 11.0. The van der Waals surface area contributed by atoms with Gasteiger partial charge in [0, 0.05) is 7.05 Å². The molecule has 1 aromatic rings. The zero-order chi connectivity index (χ0) is 10.0. The van der Waals surface area contributed by atoms with Crippen LogP contribution in [0.5, 0.6) is 0 Å². The normalized spacial score (nSPS) is 9.85. The molecule has 0 atom stereocenters. The molecule has 3 nitrogen and oxygen atoms in total. The smallest absolute Gasteiger partial charge is 0.252 e. The molecule has 0 aliphatic heterocycles. The molecule has 0 unspecified atom stereocenters. The second kappa shape index (κ2) is 4.43. The average molecular weight is 331 g/mol. The van der Waals surface area contributed by atoms with Crippen LogP contribution in [0.4, 0.5) is 0 Å². The van der Waals surface area contributed by atoms with Gasteiger partial charge in [-0.2, -0.15) is 0 Å². The summed E-state index contributed by atoms with van der Waals surface area (Å²) in [7, 11) is 1.54. The maximum absolute atomic E-state index is 11.3. The Hall–Kier alpha value is -0.0700. The van der Waals surface area contributed by atoms with Gasteiger partial charge in [-0.3, -0.25) is 4.79 Å². The molecule has 0 spiro atoms. The fraction of sp³-hybridized carbons (Fsp3) is 0.143. The van der Waals surface area contributed by atoms with Crippen molar-refractivity contribution in [3.05, 3.63) is 25.5 Å². The van der Waals surface area contributed by atoms with Crippen molar-refractivity contribution in [1.82, 2.24) is 10.3 Å². The van der Waals surface area contributed by atoms with Gasteiger partial charge in [-0.15, -0.1) is 0 Å². The number of pyridine rings is 1. The van der Waals surface area contributed by atoms with Crippen molar-refractivity contribution in [3.63, 3.8) is 0 Å². The van der Waals surface area contributed by atoms with Gasteiger partial charge in [-0.25, -0.2) is 4.98 Å². The van der Waals surface area contributed by atoms with Crippen molar-refractivity contribution in [1.29, 1.82) is 0 Å². The molecule has 0 saturated heterocycles. The molecular formula is C7H5Cl2IN2O. The van der Waals surface area contributed by atoms with E-state index < -0.39 is 0 Å². The Kier molecular flexibility index (Phi) is 3.75. The third-order valence-corrected chi connectivity index (χ3v) is 3.24. The molecule has 70 valence electrons. The third-order valence-electron chi connectivity index (χ3n) is 1.36. The van der Waals surface area contributed by atoms with Crippen LogP contribution in [-0.2, 0) is 0 Å². The van der Waals surface area contributed by atoms with Crippen LogP contribution in [-0.4, -0.2) is 17.9 Å². The maximum atomic E-state index is 11.3. The topological polar surface area (TPSA) is 42.0 Å². The van der Waals surface area contributed by atoms with Crippen LogP contribution in [0.25, 0.3) is 0 Å². The van der Waals surface area contributed by atoms with Crippen LogP contribution >= 0.6 is 45.8 Å². The van der Waals surface area contributed by atoms with Crippen molar-refractivity contribution in [2.45, 2.75) is 0 Å². The van der Waals surface area contributed by atoms with Crippen LogP contribution in [0, 0.1) is 3.57 Å². The number of rotatable bonds is 1. The van der Waals surface area contributed by atoms with E-state index in [0.29, 0.717) is 9.13 Å². The molecule has 0 radical (unpaired) electrons. The quantitative estimate of drug-likeness (QED) is 0.634. The van der Waals surface area contributed by atoms with Gasteiger partial charge in [0.15, 0.2) is 0 Å². The lowest BCUT2D eigenvalue weighted by Gasteiger charge is -2.04. The SMILES string of the molecule is CNC(=O)c1cc(Cl)nc(Cl)c1I. The van der Waals surface area contributed by atoms with E-state index in [4.69, 9.17) is 23.2 Å². The molecule has 13 heavy (non-hydrogen) atoms. The zero-order valence-electron chi connectivity index (χ0n) is 6.57. The lowest BCUT2D eigenvalue weighted by molar-refractivity contribution is 0.0962. The summed E-state index contributed by atoms with van der Waals surface area (Å²) in [4.78, 5) is 15.1. The number of amides is 1. The molecule has 0 bridgehead atoms. The summed E-state index contributed by atoms with van der Waals surface area (Å²) in [6, 6.07) is 1.48. The highest BCUT2D eigenvalue weighted by Gasteiger charge is 2.13. The Morgan fingerprint density at radius 1 is 1.62 bits per heavy atom. The minimum atomic E-state index is -0.226. The second-order valence-corrected chi connectivity index (χ2v) is 4.00. The van der Waals surface area contributed by atoms with Crippen molar-refractivity contribution >= 4 is 51.7 Å². The molecule has 0 aliphatic carbocycles. The van der Waals surface area contributed by atoms with E-state index >= 15 is 0 Å². The maximum Gasteiger partial charge on any atom is 0.252 e. The van der Waals surface area contributed by atoms with E-state index in [0.717, 1.165) is 0 Å². The highest BCUT2D eigenvalue weighted by molar-refractivity contribution is 14.1. The van der Waals surface area contributed by atoms with Crippen LogP contribution < -0.4 is 5.32 Å².